The summed E-state index contributed by atoms with van der Waals surface area (Å²) in [6.07, 6.45) is 2.57. The molecule has 4 nitrogen and oxygen atoms in total. The van der Waals surface area contributed by atoms with Gasteiger partial charge in [0.25, 0.3) is 0 Å². The van der Waals surface area contributed by atoms with Crippen molar-refractivity contribution in [3.05, 3.63) is 60.2 Å². The number of hydrogen-bond donors (Lipinski definition) is 0. The van der Waals surface area contributed by atoms with Crippen molar-refractivity contribution >= 4 is 29.1 Å². The van der Waals surface area contributed by atoms with Gasteiger partial charge in [0.1, 0.15) is 0 Å². The summed E-state index contributed by atoms with van der Waals surface area (Å²) in [5.41, 5.74) is 1.88. The molecular formula is C21H24N2O2S. The van der Waals surface area contributed by atoms with Crippen molar-refractivity contribution in [2.75, 3.05) is 37.3 Å². The molecule has 1 heterocycles. The number of thioether (sulfide) groups is 1. The van der Waals surface area contributed by atoms with Crippen molar-refractivity contribution in [1.82, 2.24) is 4.90 Å². The molecule has 0 spiro atoms. The largest absolute Gasteiger partial charge is 0.368 e. The first kappa shape index (κ1) is 18.5. The van der Waals surface area contributed by atoms with Crippen LogP contribution >= 0.6 is 11.8 Å². The molecule has 0 N–H and O–H groups in total. The molecule has 3 rings (SSSR count). The quantitative estimate of drug-likeness (QED) is 0.576. The van der Waals surface area contributed by atoms with E-state index in [1.807, 2.05) is 53.6 Å². The van der Waals surface area contributed by atoms with E-state index in [4.69, 9.17) is 0 Å². The van der Waals surface area contributed by atoms with Crippen LogP contribution in [0.15, 0.2) is 59.5 Å². The number of anilines is 1. The van der Waals surface area contributed by atoms with Gasteiger partial charge in [-0.05, 0) is 30.5 Å². The molecule has 0 aliphatic carbocycles. The highest BCUT2D eigenvalue weighted by molar-refractivity contribution is 7.98. The second-order valence-electron chi connectivity index (χ2n) is 6.36. The van der Waals surface area contributed by atoms with Gasteiger partial charge in [-0.15, -0.1) is 11.8 Å². The molecule has 0 bridgehead atoms. The number of carbonyl (C=O) groups is 2. The molecule has 1 saturated heterocycles. The van der Waals surface area contributed by atoms with Gasteiger partial charge >= 0.3 is 0 Å². The average molecular weight is 369 g/mol. The highest BCUT2D eigenvalue weighted by Crippen LogP contribution is 2.18. The number of rotatable bonds is 6. The van der Waals surface area contributed by atoms with E-state index in [0.717, 1.165) is 18.0 Å². The number of nitrogens with zero attached hydrogens (tertiary/aromatic N) is 2. The van der Waals surface area contributed by atoms with E-state index in [-0.39, 0.29) is 24.5 Å². The lowest BCUT2D eigenvalue weighted by Gasteiger charge is -2.36. The van der Waals surface area contributed by atoms with Crippen molar-refractivity contribution in [2.45, 2.75) is 17.7 Å². The smallest absolute Gasteiger partial charge is 0.223 e. The van der Waals surface area contributed by atoms with Gasteiger partial charge in [0.2, 0.25) is 5.91 Å². The Morgan fingerprint density at radius 2 is 1.54 bits per heavy atom. The predicted molar refractivity (Wildman–Crippen MR) is 107 cm³/mol. The van der Waals surface area contributed by atoms with Gasteiger partial charge in [0.05, 0.1) is 0 Å². The zero-order valence-corrected chi connectivity index (χ0v) is 15.9. The molecule has 1 aliphatic rings. The number of amides is 1. The Bertz CT molecular complexity index is 738. The maximum atomic E-state index is 12.4. The second-order valence-corrected chi connectivity index (χ2v) is 7.23. The van der Waals surface area contributed by atoms with Crippen LogP contribution in [-0.2, 0) is 4.79 Å². The van der Waals surface area contributed by atoms with Crippen LogP contribution in [0.5, 0.6) is 0 Å². The van der Waals surface area contributed by atoms with Crippen LogP contribution in [-0.4, -0.2) is 49.0 Å². The molecule has 26 heavy (non-hydrogen) atoms. The third-order valence-electron chi connectivity index (χ3n) is 4.73. The Morgan fingerprint density at radius 3 is 2.15 bits per heavy atom. The summed E-state index contributed by atoms with van der Waals surface area (Å²) in [4.78, 5) is 30.0. The fourth-order valence-electron chi connectivity index (χ4n) is 3.15. The zero-order chi connectivity index (χ0) is 18.4. The van der Waals surface area contributed by atoms with E-state index in [1.165, 1.54) is 5.69 Å². The summed E-state index contributed by atoms with van der Waals surface area (Å²) in [5, 5.41) is 0. The molecule has 0 saturated carbocycles. The highest BCUT2D eigenvalue weighted by Gasteiger charge is 2.21. The molecular weight excluding hydrogens is 344 g/mol. The van der Waals surface area contributed by atoms with Crippen molar-refractivity contribution in [3.63, 3.8) is 0 Å². The number of Topliss-reactive ketones (excluding diaryl/α,β-unsaturated/α-hetero) is 1. The van der Waals surface area contributed by atoms with Crippen LogP contribution in [0.2, 0.25) is 0 Å². The first-order valence-electron chi connectivity index (χ1n) is 8.92. The lowest BCUT2D eigenvalue weighted by molar-refractivity contribution is -0.131. The van der Waals surface area contributed by atoms with Gasteiger partial charge in [0.15, 0.2) is 5.78 Å². The van der Waals surface area contributed by atoms with Crippen molar-refractivity contribution in [3.8, 4) is 0 Å². The molecule has 1 fully saturated rings. The normalized spacial score (nSPS) is 14.3. The first-order chi connectivity index (χ1) is 12.7. The van der Waals surface area contributed by atoms with Gasteiger partial charge in [-0.25, -0.2) is 0 Å². The number of piperazine rings is 1. The Morgan fingerprint density at radius 1 is 0.885 bits per heavy atom. The van der Waals surface area contributed by atoms with Gasteiger partial charge in [-0.2, -0.15) is 0 Å². The van der Waals surface area contributed by atoms with E-state index < -0.39 is 0 Å². The number of hydrogen-bond acceptors (Lipinski definition) is 4. The Labute approximate surface area is 159 Å². The molecule has 5 heteroatoms. The Kier molecular flexibility index (Phi) is 6.34. The minimum Gasteiger partial charge on any atom is -0.368 e. The number of carbonyl (C=O) groups excluding carboxylic acids is 2. The standard InChI is InChI=1S/C21H24N2O2S/c1-26-19-9-7-17(8-10-19)20(24)11-12-21(25)23-15-13-22(14-16-23)18-5-3-2-4-6-18/h2-10H,11-16H2,1H3. The maximum absolute atomic E-state index is 12.4. The van der Waals surface area contributed by atoms with Crippen molar-refractivity contribution in [2.24, 2.45) is 0 Å². The lowest BCUT2D eigenvalue weighted by Crippen LogP contribution is -2.48. The van der Waals surface area contributed by atoms with Crippen LogP contribution in [0.1, 0.15) is 23.2 Å². The lowest BCUT2D eigenvalue weighted by atomic mass is 10.1. The van der Waals surface area contributed by atoms with Crippen LogP contribution in [0.3, 0.4) is 0 Å². The van der Waals surface area contributed by atoms with Crippen LogP contribution in [0.25, 0.3) is 0 Å². The Hall–Kier alpha value is -2.27. The fourth-order valence-corrected chi connectivity index (χ4v) is 3.56. The van der Waals surface area contributed by atoms with E-state index in [0.29, 0.717) is 18.7 Å². The van der Waals surface area contributed by atoms with Crippen molar-refractivity contribution < 1.29 is 9.59 Å². The molecule has 2 aromatic carbocycles. The molecule has 0 atom stereocenters. The summed E-state index contributed by atoms with van der Waals surface area (Å²) in [7, 11) is 0. The van der Waals surface area contributed by atoms with Gasteiger partial charge in [-0.1, -0.05) is 30.3 Å². The molecule has 1 aliphatic heterocycles. The molecule has 0 radical (unpaired) electrons. The van der Waals surface area contributed by atoms with Crippen LogP contribution in [0.4, 0.5) is 5.69 Å². The number of benzene rings is 2. The van der Waals surface area contributed by atoms with E-state index in [9.17, 15) is 9.59 Å². The van der Waals surface area contributed by atoms with Crippen LogP contribution in [0, 0.1) is 0 Å². The van der Waals surface area contributed by atoms with E-state index >= 15 is 0 Å². The third-order valence-corrected chi connectivity index (χ3v) is 5.48. The summed E-state index contributed by atoms with van der Waals surface area (Å²) >= 11 is 1.65. The number of para-hydroxylation sites is 1. The highest BCUT2D eigenvalue weighted by atomic mass is 32.2. The predicted octanol–water partition coefficient (Wildman–Crippen LogP) is 3.72. The maximum Gasteiger partial charge on any atom is 0.223 e. The third kappa shape index (κ3) is 4.67. The van der Waals surface area contributed by atoms with Gasteiger partial charge in [0, 0.05) is 55.2 Å². The first-order valence-corrected chi connectivity index (χ1v) is 10.1. The van der Waals surface area contributed by atoms with Gasteiger partial charge in [-0.3, -0.25) is 9.59 Å². The molecule has 136 valence electrons. The van der Waals surface area contributed by atoms with Crippen LogP contribution < -0.4 is 4.90 Å². The Balaban J connectivity index is 1.46. The molecule has 2 aromatic rings. The van der Waals surface area contributed by atoms with Gasteiger partial charge < -0.3 is 9.80 Å². The monoisotopic (exact) mass is 368 g/mol. The topological polar surface area (TPSA) is 40.6 Å². The zero-order valence-electron chi connectivity index (χ0n) is 15.1. The molecule has 0 aromatic heterocycles. The molecule has 1 amide bonds. The van der Waals surface area contributed by atoms with E-state index in [1.54, 1.807) is 11.8 Å². The SMILES string of the molecule is CSc1ccc(C(=O)CCC(=O)N2CCN(c3ccccc3)CC2)cc1. The molecule has 0 unspecified atom stereocenters. The minimum atomic E-state index is 0.0360. The summed E-state index contributed by atoms with van der Waals surface area (Å²) in [5.74, 6) is 0.112. The summed E-state index contributed by atoms with van der Waals surface area (Å²) < 4.78 is 0. The number of ketones is 1. The second kappa shape index (κ2) is 8.90. The average Bonchev–Trinajstić information content (AvgIpc) is 2.72. The summed E-state index contributed by atoms with van der Waals surface area (Å²) in [6.45, 7) is 3.09. The van der Waals surface area contributed by atoms with E-state index in [2.05, 4.69) is 17.0 Å². The summed E-state index contributed by atoms with van der Waals surface area (Å²) in [6, 6.07) is 17.8. The van der Waals surface area contributed by atoms with Crippen molar-refractivity contribution in [1.29, 1.82) is 0 Å². The minimum absolute atomic E-state index is 0.0360. The fraction of sp³-hybridized carbons (Fsp3) is 0.333.